The fourth-order valence-electron chi connectivity index (χ4n) is 2.15. The quantitative estimate of drug-likeness (QED) is 0.448. The minimum Gasteiger partial charge on any atom is -0.422 e. The molecule has 0 heterocycles. The number of hydrogen-bond donors (Lipinski definition) is 2. The highest BCUT2D eigenvalue weighted by Gasteiger charge is 2.41. The molecule has 1 rings (SSSR count). The van der Waals surface area contributed by atoms with E-state index in [2.05, 4.69) is 25.3 Å². The van der Waals surface area contributed by atoms with Crippen LogP contribution in [0.2, 0.25) is 0 Å². The SMILES string of the molecule is CCC(S)C(=O)OC1(OC(=O)C(S)CC)CCCCC1. The molecule has 0 spiro atoms. The summed E-state index contributed by atoms with van der Waals surface area (Å²) >= 11 is 8.36. The molecule has 1 aliphatic rings. The van der Waals surface area contributed by atoms with E-state index in [1.165, 1.54) is 0 Å². The van der Waals surface area contributed by atoms with Gasteiger partial charge in [0.1, 0.15) is 0 Å². The van der Waals surface area contributed by atoms with Crippen molar-refractivity contribution in [1.29, 1.82) is 0 Å². The van der Waals surface area contributed by atoms with Gasteiger partial charge in [-0.3, -0.25) is 9.59 Å². The lowest BCUT2D eigenvalue weighted by Crippen LogP contribution is -2.44. The molecule has 4 nitrogen and oxygen atoms in total. The molecule has 1 aliphatic carbocycles. The van der Waals surface area contributed by atoms with Crippen molar-refractivity contribution in [3.05, 3.63) is 0 Å². The smallest absolute Gasteiger partial charge is 0.322 e. The number of thiol groups is 2. The summed E-state index contributed by atoms with van der Waals surface area (Å²) in [6, 6.07) is 0. The average molecular weight is 320 g/mol. The number of ether oxygens (including phenoxy) is 2. The van der Waals surface area contributed by atoms with Crippen LogP contribution in [0.4, 0.5) is 0 Å². The molecule has 0 saturated heterocycles. The summed E-state index contributed by atoms with van der Waals surface area (Å²) in [7, 11) is 0. The van der Waals surface area contributed by atoms with E-state index in [4.69, 9.17) is 9.47 Å². The predicted octanol–water partition coefficient (Wildman–Crippen LogP) is 3.15. The Kier molecular flexibility index (Phi) is 7.23. The van der Waals surface area contributed by atoms with Gasteiger partial charge in [0.05, 0.1) is 10.5 Å². The third-order valence-electron chi connectivity index (χ3n) is 3.51. The van der Waals surface area contributed by atoms with E-state index in [1.807, 2.05) is 13.8 Å². The summed E-state index contributed by atoms with van der Waals surface area (Å²) in [5.74, 6) is -1.95. The van der Waals surface area contributed by atoms with E-state index in [1.54, 1.807) is 0 Å². The molecule has 0 N–H and O–H groups in total. The Morgan fingerprint density at radius 1 is 0.950 bits per heavy atom. The predicted molar refractivity (Wildman–Crippen MR) is 84.1 cm³/mol. The number of carbonyl (C=O) groups is 2. The molecular formula is C14H24O4S2. The third kappa shape index (κ3) is 4.88. The second-order valence-electron chi connectivity index (χ2n) is 5.16. The first-order valence-electron chi connectivity index (χ1n) is 7.26. The number of esters is 2. The first-order valence-corrected chi connectivity index (χ1v) is 8.29. The van der Waals surface area contributed by atoms with E-state index in [0.29, 0.717) is 25.7 Å². The Bertz CT molecular complexity index is 314. The van der Waals surface area contributed by atoms with Crippen LogP contribution in [-0.2, 0) is 19.1 Å². The Labute approximate surface area is 131 Å². The van der Waals surface area contributed by atoms with Crippen molar-refractivity contribution in [2.75, 3.05) is 0 Å². The van der Waals surface area contributed by atoms with Crippen molar-refractivity contribution < 1.29 is 19.1 Å². The Hall–Kier alpha value is -0.360. The van der Waals surface area contributed by atoms with E-state index < -0.39 is 28.2 Å². The molecule has 6 heteroatoms. The monoisotopic (exact) mass is 320 g/mol. The highest BCUT2D eigenvalue weighted by atomic mass is 32.1. The second kappa shape index (κ2) is 8.17. The molecule has 1 saturated carbocycles. The van der Waals surface area contributed by atoms with Gasteiger partial charge >= 0.3 is 11.9 Å². The summed E-state index contributed by atoms with van der Waals surface area (Å²) in [6.45, 7) is 3.72. The van der Waals surface area contributed by atoms with Crippen LogP contribution in [0, 0.1) is 0 Å². The van der Waals surface area contributed by atoms with Gasteiger partial charge < -0.3 is 9.47 Å². The van der Waals surface area contributed by atoms with Crippen molar-refractivity contribution in [2.24, 2.45) is 0 Å². The normalized spacial score (nSPS) is 20.8. The molecule has 2 atom stereocenters. The molecule has 2 unspecified atom stereocenters. The zero-order valence-corrected chi connectivity index (χ0v) is 13.9. The summed E-state index contributed by atoms with van der Waals surface area (Å²) in [5, 5.41) is -0.962. The lowest BCUT2D eigenvalue weighted by Gasteiger charge is -2.36. The summed E-state index contributed by atoms with van der Waals surface area (Å²) < 4.78 is 11.0. The van der Waals surface area contributed by atoms with Crippen LogP contribution in [0.3, 0.4) is 0 Å². The molecular weight excluding hydrogens is 296 g/mol. The zero-order chi connectivity index (χ0) is 15.2. The average Bonchev–Trinajstić information content (AvgIpc) is 2.45. The lowest BCUT2D eigenvalue weighted by atomic mass is 9.94. The van der Waals surface area contributed by atoms with E-state index in [0.717, 1.165) is 19.3 Å². The van der Waals surface area contributed by atoms with Crippen LogP contribution >= 0.6 is 25.3 Å². The highest BCUT2D eigenvalue weighted by molar-refractivity contribution is 7.82. The fraction of sp³-hybridized carbons (Fsp3) is 0.857. The van der Waals surface area contributed by atoms with E-state index >= 15 is 0 Å². The maximum absolute atomic E-state index is 12.0. The molecule has 0 amide bonds. The Morgan fingerprint density at radius 2 is 1.35 bits per heavy atom. The largest absolute Gasteiger partial charge is 0.422 e. The van der Waals surface area contributed by atoms with Crippen LogP contribution in [0.5, 0.6) is 0 Å². The van der Waals surface area contributed by atoms with Crippen LogP contribution in [0.1, 0.15) is 58.8 Å². The molecule has 0 aromatic rings. The fourth-order valence-corrected chi connectivity index (χ4v) is 2.26. The van der Waals surface area contributed by atoms with Crippen molar-refractivity contribution in [3.8, 4) is 0 Å². The number of rotatable bonds is 6. The van der Waals surface area contributed by atoms with E-state index in [9.17, 15) is 9.59 Å². The first kappa shape index (κ1) is 17.7. The lowest BCUT2D eigenvalue weighted by molar-refractivity contribution is -0.238. The van der Waals surface area contributed by atoms with Crippen molar-refractivity contribution in [2.45, 2.75) is 75.1 Å². The minimum atomic E-state index is -1.11. The molecule has 1 fully saturated rings. The first-order chi connectivity index (χ1) is 9.44. The molecule has 0 radical (unpaired) electrons. The number of hydrogen-bond acceptors (Lipinski definition) is 6. The molecule has 0 aromatic heterocycles. The van der Waals surface area contributed by atoms with Crippen LogP contribution in [-0.4, -0.2) is 28.2 Å². The summed E-state index contributed by atoms with van der Waals surface area (Å²) in [5.41, 5.74) is 0. The maximum Gasteiger partial charge on any atom is 0.322 e. The van der Waals surface area contributed by atoms with Gasteiger partial charge in [0.15, 0.2) is 0 Å². The summed E-state index contributed by atoms with van der Waals surface area (Å²) in [4.78, 5) is 23.9. The van der Waals surface area contributed by atoms with Crippen LogP contribution < -0.4 is 0 Å². The zero-order valence-electron chi connectivity index (χ0n) is 12.1. The topological polar surface area (TPSA) is 52.6 Å². The summed E-state index contributed by atoms with van der Waals surface area (Å²) in [6.07, 6.45) is 5.09. The standard InChI is InChI=1S/C14H24O4S2/c1-3-10(19)12(15)17-14(8-6-5-7-9-14)18-13(16)11(20)4-2/h10-11,19-20H,3-9H2,1-2H3. The maximum atomic E-state index is 12.0. The molecule has 0 aliphatic heterocycles. The number of carbonyl (C=O) groups excluding carboxylic acids is 2. The third-order valence-corrected chi connectivity index (χ3v) is 4.66. The van der Waals surface area contributed by atoms with Gasteiger partial charge in [-0.1, -0.05) is 20.3 Å². The van der Waals surface area contributed by atoms with Gasteiger partial charge in [-0.15, -0.1) is 0 Å². The molecule has 116 valence electrons. The highest BCUT2D eigenvalue weighted by Crippen LogP contribution is 2.34. The molecule has 0 aromatic carbocycles. The van der Waals surface area contributed by atoms with Gasteiger partial charge in [-0.2, -0.15) is 25.3 Å². The van der Waals surface area contributed by atoms with Crippen molar-refractivity contribution >= 4 is 37.2 Å². The van der Waals surface area contributed by atoms with Crippen molar-refractivity contribution in [3.63, 3.8) is 0 Å². The van der Waals surface area contributed by atoms with Gasteiger partial charge in [-0.25, -0.2) is 0 Å². The van der Waals surface area contributed by atoms with E-state index in [-0.39, 0.29) is 0 Å². The van der Waals surface area contributed by atoms with Crippen LogP contribution in [0.25, 0.3) is 0 Å². The van der Waals surface area contributed by atoms with Crippen molar-refractivity contribution in [1.82, 2.24) is 0 Å². The van der Waals surface area contributed by atoms with Gasteiger partial charge in [-0.05, 0) is 25.7 Å². The van der Waals surface area contributed by atoms with Gasteiger partial charge in [0.2, 0.25) is 0 Å². The molecule has 20 heavy (non-hydrogen) atoms. The Balaban J connectivity index is 2.76. The van der Waals surface area contributed by atoms with Gasteiger partial charge in [0, 0.05) is 12.8 Å². The van der Waals surface area contributed by atoms with Gasteiger partial charge in [0.25, 0.3) is 5.79 Å². The Morgan fingerprint density at radius 3 is 1.70 bits per heavy atom. The van der Waals surface area contributed by atoms with Crippen LogP contribution in [0.15, 0.2) is 0 Å². The second-order valence-corrected chi connectivity index (χ2v) is 6.41. The minimum absolute atomic E-state index is 0.419. The molecule has 0 bridgehead atoms.